The van der Waals surface area contributed by atoms with E-state index in [-0.39, 0.29) is 5.91 Å². The third kappa shape index (κ3) is 3.99. The summed E-state index contributed by atoms with van der Waals surface area (Å²) < 4.78 is 0. The normalized spacial score (nSPS) is 10.2. The van der Waals surface area contributed by atoms with E-state index in [2.05, 4.69) is 20.6 Å². The van der Waals surface area contributed by atoms with Gasteiger partial charge in [-0.3, -0.25) is 4.79 Å². The summed E-state index contributed by atoms with van der Waals surface area (Å²) >= 11 is 5.82. The van der Waals surface area contributed by atoms with Crippen molar-refractivity contribution in [2.75, 3.05) is 16.4 Å². The number of hydrogen-bond donors (Lipinski definition) is 3. The van der Waals surface area contributed by atoms with Crippen LogP contribution in [0.4, 0.5) is 23.0 Å². The molecule has 6 nitrogen and oxygen atoms in total. The van der Waals surface area contributed by atoms with Crippen molar-refractivity contribution in [1.29, 1.82) is 0 Å². The standard InChI is InChI=1S/C17H14ClN5O/c18-15-9-10-20-17(23-15)22-14-7-5-13(6-8-14)21-16(24)11-1-3-12(19)4-2-11/h1-10H,19H2,(H,21,24)(H,20,22,23). The molecule has 0 bridgehead atoms. The van der Waals surface area contributed by atoms with Crippen LogP contribution in [-0.2, 0) is 0 Å². The number of nitrogens with two attached hydrogens (primary N) is 1. The summed E-state index contributed by atoms with van der Waals surface area (Å²) in [5.41, 5.74) is 8.22. The molecule has 2 aromatic carbocycles. The molecule has 0 radical (unpaired) electrons. The minimum atomic E-state index is -0.200. The molecule has 1 aromatic heterocycles. The lowest BCUT2D eigenvalue weighted by atomic mass is 10.2. The number of halogens is 1. The van der Waals surface area contributed by atoms with Gasteiger partial charge in [0.05, 0.1) is 0 Å². The van der Waals surface area contributed by atoms with Crippen LogP contribution in [0.3, 0.4) is 0 Å². The van der Waals surface area contributed by atoms with E-state index in [9.17, 15) is 4.79 Å². The van der Waals surface area contributed by atoms with Gasteiger partial charge in [-0.2, -0.15) is 0 Å². The van der Waals surface area contributed by atoms with Crippen molar-refractivity contribution in [1.82, 2.24) is 9.97 Å². The summed E-state index contributed by atoms with van der Waals surface area (Å²) in [4.78, 5) is 20.3. The predicted octanol–water partition coefficient (Wildman–Crippen LogP) is 3.71. The van der Waals surface area contributed by atoms with Crippen LogP contribution in [-0.4, -0.2) is 15.9 Å². The summed E-state index contributed by atoms with van der Waals surface area (Å²) in [6, 6.07) is 15.5. The van der Waals surface area contributed by atoms with Crippen molar-refractivity contribution in [2.45, 2.75) is 0 Å². The molecule has 1 amide bonds. The largest absolute Gasteiger partial charge is 0.399 e. The van der Waals surface area contributed by atoms with Gasteiger partial charge in [0, 0.05) is 28.8 Å². The Balaban J connectivity index is 1.66. The van der Waals surface area contributed by atoms with E-state index in [4.69, 9.17) is 17.3 Å². The van der Waals surface area contributed by atoms with Crippen LogP contribution in [0.5, 0.6) is 0 Å². The number of carbonyl (C=O) groups is 1. The summed E-state index contributed by atoms with van der Waals surface area (Å²) in [5, 5.41) is 6.21. The number of aromatic nitrogens is 2. The number of carbonyl (C=O) groups excluding carboxylic acids is 1. The van der Waals surface area contributed by atoms with E-state index < -0.39 is 0 Å². The number of nitrogens with one attached hydrogen (secondary N) is 2. The maximum atomic E-state index is 12.1. The number of hydrogen-bond acceptors (Lipinski definition) is 5. The Labute approximate surface area is 143 Å². The molecular weight excluding hydrogens is 326 g/mol. The van der Waals surface area contributed by atoms with Gasteiger partial charge in [0.25, 0.3) is 5.91 Å². The number of nitrogen functional groups attached to an aromatic ring is 1. The Morgan fingerprint density at radius 3 is 2.29 bits per heavy atom. The average Bonchev–Trinajstić information content (AvgIpc) is 2.57. The second kappa shape index (κ2) is 6.97. The molecule has 0 saturated carbocycles. The first-order chi connectivity index (χ1) is 11.6. The fraction of sp³-hybridized carbons (Fsp3) is 0. The van der Waals surface area contributed by atoms with Gasteiger partial charge in [-0.25, -0.2) is 9.97 Å². The van der Waals surface area contributed by atoms with Gasteiger partial charge in [0.1, 0.15) is 5.15 Å². The highest BCUT2D eigenvalue weighted by molar-refractivity contribution is 6.29. The summed E-state index contributed by atoms with van der Waals surface area (Å²) in [6.45, 7) is 0. The number of nitrogens with zero attached hydrogens (tertiary/aromatic N) is 2. The average molecular weight is 340 g/mol. The molecule has 0 atom stereocenters. The molecule has 120 valence electrons. The minimum Gasteiger partial charge on any atom is -0.399 e. The minimum absolute atomic E-state index is 0.200. The molecule has 3 aromatic rings. The highest BCUT2D eigenvalue weighted by Crippen LogP contribution is 2.18. The second-order valence-corrected chi connectivity index (χ2v) is 5.37. The quantitative estimate of drug-likeness (QED) is 0.497. The molecule has 7 heteroatoms. The first kappa shape index (κ1) is 15.8. The molecule has 0 unspecified atom stereocenters. The van der Waals surface area contributed by atoms with Gasteiger partial charge in [-0.1, -0.05) is 11.6 Å². The van der Waals surface area contributed by atoms with Gasteiger partial charge in [-0.05, 0) is 54.6 Å². The Morgan fingerprint density at radius 2 is 1.62 bits per heavy atom. The van der Waals surface area contributed by atoms with Crippen LogP contribution in [0.1, 0.15) is 10.4 Å². The Morgan fingerprint density at radius 1 is 0.958 bits per heavy atom. The van der Waals surface area contributed by atoms with Crippen molar-refractivity contribution in [3.8, 4) is 0 Å². The molecule has 3 rings (SSSR count). The molecule has 0 aliphatic rings. The second-order valence-electron chi connectivity index (χ2n) is 4.98. The topological polar surface area (TPSA) is 92.9 Å². The van der Waals surface area contributed by atoms with Crippen molar-refractivity contribution in [3.05, 3.63) is 71.5 Å². The maximum Gasteiger partial charge on any atom is 0.255 e. The maximum absolute atomic E-state index is 12.1. The zero-order valence-electron chi connectivity index (χ0n) is 12.5. The molecule has 0 saturated heterocycles. The van der Waals surface area contributed by atoms with E-state index in [1.807, 2.05) is 12.1 Å². The first-order valence-electron chi connectivity index (χ1n) is 7.13. The molecule has 0 aliphatic carbocycles. The van der Waals surface area contributed by atoms with E-state index in [0.717, 1.165) is 5.69 Å². The number of anilines is 4. The van der Waals surface area contributed by atoms with Gasteiger partial charge in [-0.15, -0.1) is 0 Å². The Bertz CT molecular complexity index is 850. The van der Waals surface area contributed by atoms with Crippen LogP contribution in [0.2, 0.25) is 5.15 Å². The third-order valence-corrected chi connectivity index (χ3v) is 3.40. The van der Waals surface area contributed by atoms with Crippen molar-refractivity contribution < 1.29 is 4.79 Å². The zero-order valence-corrected chi connectivity index (χ0v) is 13.3. The van der Waals surface area contributed by atoms with E-state index >= 15 is 0 Å². The lowest BCUT2D eigenvalue weighted by molar-refractivity contribution is 0.102. The lowest BCUT2D eigenvalue weighted by Gasteiger charge is -2.08. The highest BCUT2D eigenvalue weighted by atomic mass is 35.5. The summed E-state index contributed by atoms with van der Waals surface area (Å²) in [5.74, 6) is 0.204. The molecule has 0 fully saturated rings. The van der Waals surface area contributed by atoms with Crippen LogP contribution >= 0.6 is 11.6 Å². The molecule has 0 aliphatic heterocycles. The molecule has 4 N–H and O–H groups in total. The van der Waals surface area contributed by atoms with Crippen molar-refractivity contribution >= 4 is 40.5 Å². The number of amides is 1. The molecule has 24 heavy (non-hydrogen) atoms. The van der Waals surface area contributed by atoms with Gasteiger partial charge >= 0.3 is 0 Å². The number of benzene rings is 2. The third-order valence-electron chi connectivity index (χ3n) is 3.19. The van der Waals surface area contributed by atoms with Crippen molar-refractivity contribution in [3.63, 3.8) is 0 Å². The van der Waals surface area contributed by atoms with E-state index in [1.54, 1.807) is 48.7 Å². The monoisotopic (exact) mass is 339 g/mol. The SMILES string of the molecule is Nc1ccc(C(=O)Nc2ccc(Nc3nccc(Cl)n3)cc2)cc1. The van der Waals surface area contributed by atoms with Crippen LogP contribution in [0.15, 0.2) is 60.8 Å². The van der Waals surface area contributed by atoms with Gasteiger partial charge in [0.15, 0.2) is 0 Å². The Kier molecular flexibility index (Phi) is 4.58. The first-order valence-corrected chi connectivity index (χ1v) is 7.50. The number of rotatable bonds is 4. The highest BCUT2D eigenvalue weighted by Gasteiger charge is 2.06. The molecular formula is C17H14ClN5O. The van der Waals surface area contributed by atoms with Crippen LogP contribution < -0.4 is 16.4 Å². The molecule has 0 spiro atoms. The fourth-order valence-corrected chi connectivity index (χ4v) is 2.14. The predicted molar refractivity (Wildman–Crippen MR) is 95.6 cm³/mol. The van der Waals surface area contributed by atoms with Crippen molar-refractivity contribution in [2.24, 2.45) is 0 Å². The lowest BCUT2D eigenvalue weighted by Crippen LogP contribution is -2.11. The summed E-state index contributed by atoms with van der Waals surface area (Å²) in [6.07, 6.45) is 1.57. The van der Waals surface area contributed by atoms with Gasteiger partial charge < -0.3 is 16.4 Å². The summed E-state index contributed by atoms with van der Waals surface area (Å²) in [7, 11) is 0. The van der Waals surface area contributed by atoms with E-state index in [0.29, 0.717) is 28.0 Å². The zero-order chi connectivity index (χ0) is 16.9. The Hall–Kier alpha value is -3.12. The van der Waals surface area contributed by atoms with E-state index in [1.165, 1.54) is 0 Å². The van der Waals surface area contributed by atoms with Crippen LogP contribution in [0.25, 0.3) is 0 Å². The van der Waals surface area contributed by atoms with Crippen LogP contribution in [0, 0.1) is 0 Å². The van der Waals surface area contributed by atoms with Gasteiger partial charge in [0.2, 0.25) is 5.95 Å². The smallest absolute Gasteiger partial charge is 0.255 e. The molecule has 1 heterocycles. The fourth-order valence-electron chi connectivity index (χ4n) is 2.00.